The molecule has 3 N–H and O–H groups in total. The Bertz CT molecular complexity index is 1090. The smallest absolute Gasteiger partial charge is 0.396 e. The van der Waals surface area contributed by atoms with Gasteiger partial charge < -0.3 is 11.1 Å². The second-order valence-electron chi connectivity index (χ2n) is 6.31. The minimum absolute atomic E-state index is 0.0509. The van der Waals surface area contributed by atoms with Gasteiger partial charge in [0.1, 0.15) is 0 Å². The summed E-state index contributed by atoms with van der Waals surface area (Å²) >= 11 is 11.9. The number of nitrogens with one attached hydrogen (secondary N) is 1. The third kappa shape index (κ3) is 4.38. The number of amides is 1. The summed E-state index contributed by atoms with van der Waals surface area (Å²) in [4.78, 5) is 19.8. The van der Waals surface area contributed by atoms with E-state index in [1.165, 1.54) is 12.1 Å². The molecule has 3 rings (SSSR count). The highest BCUT2D eigenvalue weighted by Gasteiger charge is 2.36. The lowest BCUT2D eigenvalue weighted by Crippen LogP contribution is -2.14. The summed E-state index contributed by atoms with van der Waals surface area (Å²) in [5.74, 6) is -1.75. The standard InChI is InChI=1S/C17H15Cl2F3N6O/c1-7-10(8(2)28-16(24-7)26-15(27-28)17(20,21)22)3-4-13(29)25-9-5-11(18)14(23)12(19)6-9/h5-6H,3-4,23H2,1-2H3,(H,25,29). The quantitative estimate of drug-likeness (QED) is 0.584. The molecule has 1 amide bonds. The number of hydrogen-bond donors (Lipinski definition) is 2. The van der Waals surface area contributed by atoms with Gasteiger partial charge in [0.25, 0.3) is 11.6 Å². The van der Waals surface area contributed by atoms with Crippen LogP contribution in [0.25, 0.3) is 5.78 Å². The molecule has 0 spiro atoms. The maximum absolute atomic E-state index is 12.9. The minimum atomic E-state index is -4.67. The molecule has 29 heavy (non-hydrogen) atoms. The van der Waals surface area contributed by atoms with Gasteiger partial charge in [-0.05, 0) is 38.0 Å². The molecule has 0 fully saturated rings. The van der Waals surface area contributed by atoms with Crippen molar-refractivity contribution >= 4 is 46.3 Å². The summed E-state index contributed by atoms with van der Waals surface area (Å²) in [6.07, 6.45) is -4.38. The molecule has 12 heteroatoms. The molecule has 2 heterocycles. The summed E-state index contributed by atoms with van der Waals surface area (Å²) in [5, 5.41) is 6.56. The highest BCUT2D eigenvalue weighted by Crippen LogP contribution is 2.31. The molecule has 0 radical (unpaired) electrons. The zero-order valence-corrected chi connectivity index (χ0v) is 16.7. The SMILES string of the molecule is Cc1nc2nc(C(F)(F)F)nn2c(C)c1CCC(=O)Nc1cc(Cl)c(N)c(Cl)c1. The number of carbonyl (C=O) groups is 1. The van der Waals surface area contributed by atoms with Crippen LogP contribution in [0, 0.1) is 13.8 Å². The Morgan fingerprint density at radius 3 is 2.41 bits per heavy atom. The molecule has 7 nitrogen and oxygen atoms in total. The molecule has 0 saturated heterocycles. The van der Waals surface area contributed by atoms with Crippen molar-refractivity contribution < 1.29 is 18.0 Å². The van der Waals surface area contributed by atoms with Gasteiger partial charge in [-0.1, -0.05) is 23.2 Å². The predicted molar refractivity (Wildman–Crippen MR) is 103 cm³/mol. The highest BCUT2D eigenvalue weighted by atomic mass is 35.5. The number of aryl methyl sites for hydroxylation is 2. The van der Waals surface area contributed by atoms with E-state index < -0.39 is 12.0 Å². The maximum Gasteiger partial charge on any atom is 0.453 e. The van der Waals surface area contributed by atoms with E-state index in [2.05, 4.69) is 20.4 Å². The number of halogens is 5. The van der Waals surface area contributed by atoms with Crippen LogP contribution in [0.2, 0.25) is 10.0 Å². The van der Waals surface area contributed by atoms with Crippen molar-refractivity contribution in [1.29, 1.82) is 0 Å². The number of nitrogen functional groups attached to an aromatic ring is 1. The Hall–Kier alpha value is -2.59. The molecule has 3 aromatic rings. The van der Waals surface area contributed by atoms with Crippen molar-refractivity contribution in [1.82, 2.24) is 19.6 Å². The van der Waals surface area contributed by atoms with Crippen molar-refractivity contribution in [2.75, 3.05) is 11.1 Å². The number of rotatable bonds is 4. The van der Waals surface area contributed by atoms with E-state index in [9.17, 15) is 18.0 Å². The fourth-order valence-corrected chi connectivity index (χ4v) is 3.30. The summed E-state index contributed by atoms with van der Waals surface area (Å²) in [5.41, 5.74) is 7.77. The number of benzene rings is 1. The third-order valence-corrected chi connectivity index (χ3v) is 4.89. The number of nitrogens with two attached hydrogens (primary N) is 1. The molecule has 154 valence electrons. The lowest BCUT2D eigenvalue weighted by Gasteiger charge is -2.11. The fraction of sp³-hybridized carbons (Fsp3) is 0.294. The van der Waals surface area contributed by atoms with E-state index in [1.807, 2.05) is 0 Å². The summed E-state index contributed by atoms with van der Waals surface area (Å²) < 4.78 is 39.6. The van der Waals surface area contributed by atoms with Gasteiger partial charge >= 0.3 is 6.18 Å². The topological polar surface area (TPSA) is 98.2 Å². The van der Waals surface area contributed by atoms with Crippen LogP contribution in [0.4, 0.5) is 24.5 Å². The minimum Gasteiger partial charge on any atom is -0.396 e. The summed E-state index contributed by atoms with van der Waals surface area (Å²) in [6.45, 7) is 3.24. The Morgan fingerprint density at radius 2 is 1.83 bits per heavy atom. The molecular weight excluding hydrogens is 432 g/mol. The Morgan fingerprint density at radius 1 is 1.21 bits per heavy atom. The third-order valence-electron chi connectivity index (χ3n) is 4.27. The van der Waals surface area contributed by atoms with Crippen LogP contribution in [0.5, 0.6) is 0 Å². The average Bonchev–Trinajstić information content (AvgIpc) is 3.04. The first kappa shape index (κ1) is 21.1. The van der Waals surface area contributed by atoms with Crippen molar-refractivity contribution in [3.8, 4) is 0 Å². The van der Waals surface area contributed by atoms with Crippen LogP contribution >= 0.6 is 23.2 Å². The molecule has 1 aromatic carbocycles. The zero-order valence-electron chi connectivity index (χ0n) is 15.2. The molecule has 0 bridgehead atoms. The van der Waals surface area contributed by atoms with Crippen LogP contribution in [-0.2, 0) is 17.4 Å². The van der Waals surface area contributed by atoms with E-state index in [4.69, 9.17) is 28.9 Å². The Labute approximate surface area is 173 Å². The van der Waals surface area contributed by atoms with E-state index in [-0.39, 0.29) is 40.3 Å². The van der Waals surface area contributed by atoms with Crippen molar-refractivity contribution in [3.05, 3.63) is 45.0 Å². The van der Waals surface area contributed by atoms with Gasteiger partial charge in [0.05, 0.1) is 15.7 Å². The first-order valence-electron chi connectivity index (χ1n) is 8.31. The first-order chi connectivity index (χ1) is 13.5. The van der Waals surface area contributed by atoms with Gasteiger partial charge in [0.15, 0.2) is 0 Å². The Balaban J connectivity index is 1.79. The largest absolute Gasteiger partial charge is 0.453 e. The number of anilines is 2. The molecular formula is C17H15Cl2F3N6O. The number of hydrogen-bond acceptors (Lipinski definition) is 5. The normalized spacial score (nSPS) is 11.8. The molecule has 0 saturated carbocycles. The predicted octanol–water partition coefficient (Wildman–Crippen LogP) is 4.22. The molecule has 0 aliphatic heterocycles. The first-order valence-corrected chi connectivity index (χ1v) is 9.07. The lowest BCUT2D eigenvalue weighted by molar-refractivity contribution is -0.144. The van der Waals surface area contributed by atoms with Gasteiger partial charge in [-0.25, -0.2) is 9.50 Å². The summed E-state index contributed by atoms with van der Waals surface area (Å²) in [6, 6.07) is 2.94. The van der Waals surface area contributed by atoms with Crippen molar-refractivity contribution in [3.63, 3.8) is 0 Å². The van der Waals surface area contributed by atoms with Gasteiger partial charge in [-0.2, -0.15) is 18.2 Å². The van der Waals surface area contributed by atoms with Crippen LogP contribution in [0.3, 0.4) is 0 Å². The summed E-state index contributed by atoms with van der Waals surface area (Å²) in [7, 11) is 0. The monoisotopic (exact) mass is 446 g/mol. The van der Waals surface area contributed by atoms with Gasteiger partial charge in [-0.15, -0.1) is 5.10 Å². The van der Waals surface area contributed by atoms with Crippen molar-refractivity contribution in [2.45, 2.75) is 32.9 Å². The maximum atomic E-state index is 12.9. The van der Waals surface area contributed by atoms with Crippen LogP contribution < -0.4 is 11.1 Å². The van der Waals surface area contributed by atoms with E-state index >= 15 is 0 Å². The molecule has 0 unspecified atom stereocenters. The van der Waals surface area contributed by atoms with Crippen LogP contribution in [0.15, 0.2) is 12.1 Å². The highest BCUT2D eigenvalue weighted by molar-refractivity contribution is 6.39. The average molecular weight is 447 g/mol. The van der Waals surface area contributed by atoms with E-state index in [0.717, 1.165) is 4.52 Å². The van der Waals surface area contributed by atoms with Crippen LogP contribution in [0.1, 0.15) is 29.2 Å². The lowest BCUT2D eigenvalue weighted by atomic mass is 10.1. The second-order valence-corrected chi connectivity index (χ2v) is 7.12. The van der Waals surface area contributed by atoms with Crippen LogP contribution in [-0.4, -0.2) is 25.5 Å². The van der Waals surface area contributed by atoms with E-state index in [0.29, 0.717) is 22.6 Å². The molecule has 2 aromatic heterocycles. The fourth-order valence-electron chi connectivity index (χ4n) is 2.81. The van der Waals surface area contributed by atoms with Gasteiger partial charge in [0, 0.05) is 23.5 Å². The second kappa shape index (κ2) is 7.68. The number of alkyl halides is 3. The molecule has 0 aliphatic rings. The number of nitrogens with zero attached hydrogens (tertiary/aromatic N) is 4. The van der Waals surface area contributed by atoms with Crippen molar-refractivity contribution in [2.24, 2.45) is 0 Å². The molecule has 0 aliphatic carbocycles. The zero-order chi connectivity index (χ0) is 21.5. The number of fused-ring (bicyclic) bond motifs is 1. The van der Waals surface area contributed by atoms with Gasteiger partial charge in [-0.3, -0.25) is 4.79 Å². The number of carbonyl (C=O) groups excluding carboxylic acids is 1. The Kier molecular flexibility index (Phi) is 5.59. The van der Waals surface area contributed by atoms with Gasteiger partial charge in [0.2, 0.25) is 5.91 Å². The molecule has 0 atom stereocenters. The number of aromatic nitrogens is 4. The van der Waals surface area contributed by atoms with E-state index in [1.54, 1.807) is 13.8 Å².